The Morgan fingerprint density at radius 1 is 0.320 bits per heavy atom. The van der Waals surface area contributed by atoms with Gasteiger partial charge in [0.05, 0.1) is 0 Å². The summed E-state index contributed by atoms with van der Waals surface area (Å²) in [5.41, 5.74) is 2.17. The third kappa shape index (κ3) is 80.7. The van der Waals surface area contributed by atoms with Crippen molar-refractivity contribution in [1.29, 1.82) is 0 Å². The molecule has 0 aliphatic carbocycles. The van der Waals surface area contributed by atoms with Gasteiger partial charge in [-0.2, -0.15) is 0 Å². The first-order chi connectivity index (χ1) is 10.2. The van der Waals surface area contributed by atoms with Gasteiger partial charge in [-0.3, -0.25) is 0 Å². The molecule has 0 aliphatic heterocycles. The quantitative estimate of drug-likeness (QED) is 0.403. The number of rotatable bonds is 0. The minimum absolute atomic E-state index is 0. The zero-order chi connectivity index (χ0) is 20.8. The molecule has 0 rings (SSSR count). The maximum absolute atomic E-state index is 2.24. The highest BCUT2D eigenvalue weighted by molar-refractivity contribution is 4.56. The highest BCUT2D eigenvalue weighted by Gasteiger charge is 2.04. The first-order valence-electron chi connectivity index (χ1n) is 10.2. The third-order valence-corrected chi connectivity index (χ3v) is 4.24. The molecule has 0 aromatic heterocycles. The van der Waals surface area contributed by atoms with Crippen LogP contribution in [0.1, 0.15) is 144 Å². The van der Waals surface area contributed by atoms with Gasteiger partial charge in [-0.1, -0.05) is 144 Å². The maximum atomic E-state index is 2.24. The zero-order valence-electron chi connectivity index (χ0n) is 20.8. The van der Waals surface area contributed by atoms with E-state index in [1.165, 1.54) is 25.7 Å². The Kier molecular flexibility index (Phi) is 23.3. The van der Waals surface area contributed by atoms with Crippen LogP contribution < -0.4 is 0 Å². The molecule has 0 fully saturated rings. The lowest BCUT2D eigenvalue weighted by atomic mass is 9.94. The lowest BCUT2D eigenvalue weighted by Gasteiger charge is -2.12. The van der Waals surface area contributed by atoms with E-state index < -0.39 is 0 Å². The Balaban J connectivity index is -0.0000000702. The van der Waals surface area contributed by atoms with Crippen LogP contribution in [0.4, 0.5) is 0 Å². The van der Waals surface area contributed by atoms with Crippen molar-refractivity contribution in [3.63, 3.8) is 0 Å². The molecule has 0 heterocycles. The average molecular weight is 361 g/mol. The molecule has 0 amide bonds. The molecule has 0 aliphatic rings. The Morgan fingerprint density at radius 2 is 0.360 bits per heavy atom. The third-order valence-electron chi connectivity index (χ3n) is 4.24. The molecule has 160 valence electrons. The SMILES string of the molecule is C.CCC(C)(C)C.CCC(C)(C)C.CCC(C)(C)C.CCC(C)(C)C. The van der Waals surface area contributed by atoms with E-state index in [1.807, 2.05) is 0 Å². The van der Waals surface area contributed by atoms with Crippen LogP contribution in [0.3, 0.4) is 0 Å². The molecule has 0 N–H and O–H groups in total. The molecule has 0 nitrogen and oxygen atoms in total. The van der Waals surface area contributed by atoms with Crippen molar-refractivity contribution in [3.05, 3.63) is 0 Å². The predicted octanol–water partition coefficient (Wildman–Crippen LogP) is 10.4. The van der Waals surface area contributed by atoms with Gasteiger partial charge in [0.25, 0.3) is 0 Å². The van der Waals surface area contributed by atoms with Crippen LogP contribution in [0.2, 0.25) is 0 Å². The minimum Gasteiger partial charge on any atom is -0.0776 e. The van der Waals surface area contributed by atoms with Gasteiger partial charge < -0.3 is 0 Å². The summed E-state index contributed by atoms with van der Waals surface area (Å²) in [6.45, 7) is 35.8. The highest BCUT2D eigenvalue weighted by Crippen LogP contribution is 2.17. The lowest BCUT2D eigenvalue weighted by Crippen LogP contribution is -2.00. The monoisotopic (exact) mass is 360 g/mol. The smallest absolute Gasteiger partial charge is 0.0385 e. The zero-order valence-corrected chi connectivity index (χ0v) is 20.8. The van der Waals surface area contributed by atoms with Gasteiger partial charge in [-0.15, -0.1) is 0 Å². The van der Waals surface area contributed by atoms with E-state index in [2.05, 4.69) is 111 Å². The Morgan fingerprint density at radius 3 is 0.360 bits per heavy atom. The summed E-state index contributed by atoms with van der Waals surface area (Å²) in [4.78, 5) is 0. The summed E-state index contributed by atoms with van der Waals surface area (Å²) in [6.07, 6.45) is 5.08. The van der Waals surface area contributed by atoms with E-state index in [1.54, 1.807) is 0 Å². The molecule has 0 spiro atoms. The van der Waals surface area contributed by atoms with Crippen molar-refractivity contribution >= 4 is 0 Å². The summed E-state index contributed by atoms with van der Waals surface area (Å²) in [5, 5.41) is 0. The first-order valence-corrected chi connectivity index (χ1v) is 10.2. The summed E-state index contributed by atoms with van der Waals surface area (Å²) >= 11 is 0. The molecule has 0 unspecified atom stereocenters. The van der Waals surface area contributed by atoms with Crippen molar-refractivity contribution in [2.75, 3.05) is 0 Å². The van der Waals surface area contributed by atoms with Gasteiger partial charge in [-0.05, 0) is 21.7 Å². The molecule has 0 saturated carbocycles. The van der Waals surface area contributed by atoms with Gasteiger partial charge in [0, 0.05) is 0 Å². The van der Waals surface area contributed by atoms with Crippen LogP contribution in [-0.4, -0.2) is 0 Å². The van der Waals surface area contributed by atoms with Gasteiger partial charge in [0.15, 0.2) is 0 Å². The van der Waals surface area contributed by atoms with Crippen molar-refractivity contribution in [3.8, 4) is 0 Å². The second kappa shape index (κ2) is 16.2. The van der Waals surface area contributed by atoms with E-state index in [-0.39, 0.29) is 7.43 Å². The van der Waals surface area contributed by atoms with Gasteiger partial charge in [0.2, 0.25) is 0 Å². The number of hydrogen-bond donors (Lipinski definition) is 0. The molecule has 0 saturated heterocycles. The van der Waals surface area contributed by atoms with Gasteiger partial charge in [-0.25, -0.2) is 0 Å². The standard InChI is InChI=1S/4C6H14.CH4/c4*1-5-6(2,3)4;/h4*5H2,1-4H3;1H4. The summed E-state index contributed by atoms with van der Waals surface area (Å²) < 4.78 is 0. The van der Waals surface area contributed by atoms with Crippen LogP contribution in [0.15, 0.2) is 0 Å². The van der Waals surface area contributed by atoms with E-state index in [4.69, 9.17) is 0 Å². The topological polar surface area (TPSA) is 0 Å². The first kappa shape index (κ1) is 36.0. The Hall–Kier alpha value is 0. The van der Waals surface area contributed by atoms with Crippen molar-refractivity contribution in [2.24, 2.45) is 21.7 Å². The Labute approximate surface area is 166 Å². The van der Waals surface area contributed by atoms with E-state index in [9.17, 15) is 0 Å². The van der Waals surface area contributed by atoms with E-state index >= 15 is 0 Å². The molecule has 0 atom stereocenters. The van der Waals surface area contributed by atoms with E-state index in [0.29, 0.717) is 21.7 Å². The molecule has 0 radical (unpaired) electrons. The van der Waals surface area contributed by atoms with Crippen LogP contribution in [0.5, 0.6) is 0 Å². The molecule has 0 aromatic carbocycles. The minimum atomic E-state index is 0. The molecule has 0 aromatic rings. The fourth-order valence-electron chi connectivity index (χ4n) is 0. The van der Waals surface area contributed by atoms with E-state index in [0.717, 1.165) is 0 Å². The van der Waals surface area contributed by atoms with Gasteiger partial charge >= 0.3 is 0 Å². The normalized spacial score (nSPS) is 11.5. The van der Waals surface area contributed by atoms with Gasteiger partial charge in [0.1, 0.15) is 0 Å². The average Bonchev–Trinajstić information content (AvgIpc) is 2.37. The summed E-state index contributed by atoms with van der Waals surface area (Å²) in [7, 11) is 0. The highest BCUT2D eigenvalue weighted by atomic mass is 14.1. The number of hydrogen-bond acceptors (Lipinski definition) is 0. The molecule has 0 bridgehead atoms. The summed E-state index contributed by atoms with van der Waals surface area (Å²) in [5.74, 6) is 0. The lowest BCUT2D eigenvalue weighted by molar-refractivity contribution is 0.397. The molecule has 0 heteroatoms. The largest absolute Gasteiger partial charge is 0.0776 e. The van der Waals surface area contributed by atoms with Crippen LogP contribution in [0.25, 0.3) is 0 Å². The van der Waals surface area contributed by atoms with Crippen molar-refractivity contribution < 1.29 is 0 Å². The van der Waals surface area contributed by atoms with Crippen molar-refractivity contribution in [2.45, 2.75) is 144 Å². The predicted molar refractivity (Wildman–Crippen MR) is 126 cm³/mol. The second-order valence-electron chi connectivity index (χ2n) is 11.7. The molecular weight excluding hydrogens is 300 g/mol. The van der Waals surface area contributed by atoms with Crippen LogP contribution in [-0.2, 0) is 0 Å². The Bertz CT molecular complexity index is 175. The fourth-order valence-corrected chi connectivity index (χ4v) is 0. The fraction of sp³-hybridized carbons (Fsp3) is 1.00. The summed E-state index contributed by atoms with van der Waals surface area (Å²) in [6, 6.07) is 0. The second-order valence-corrected chi connectivity index (χ2v) is 11.7. The molecular formula is C25H60. The van der Waals surface area contributed by atoms with Crippen LogP contribution in [0, 0.1) is 21.7 Å². The molecule has 25 heavy (non-hydrogen) atoms. The van der Waals surface area contributed by atoms with Crippen molar-refractivity contribution in [1.82, 2.24) is 0 Å². The maximum Gasteiger partial charge on any atom is -0.0385 e. The van der Waals surface area contributed by atoms with Crippen LogP contribution >= 0.6 is 0 Å².